The van der Waals surface area contributed by atoms with E-state index in [0.717, 1.165) is 23.6 Å². The van der Waals surface area contributed by atoms with Gasteiger partial charge in [0.25, 0.3) is 0 Å². The van der Waals surface area contributed by atoms with Crippen LogP contribution in [-0.4, -0.2) is 5.54 Å². The Morgan fingerprint density at radius 3 is 2.50 bits per heavy atom. The Morgan fingerprint density at radius 1 is 1.05 bits per heavy atom. The fraction of sp³-hybridized carbons (Fsp3) is 0.294. The zero-order valence-corrected chi connectivity index (χ0v) is 12.9. The van der Waals surface area contributed by atoms with Crippen molar-refractivity contribution in [2.24, 2.45) is 0 Å². The number of hydrogen-bond donors (Lipinski definition) is 1. The van der Waals surface area contributed by atoms with Gasteiger partial charge in [-0.1, -0.05) is 35.9 Å². The number of benzene rings is 2. The minimum Gasteiger partial charge on any atom is -0.457 e. The molecule has 0 aliphatic rings. The fourth-order valence-electron chi connectivity index (χ4n) is 1.77. The lowest BCUT2D eigenvalue weighted by molar-refractivity contribution is 0.414. The van der Waals surface area contributed by atoms with Gasteiger partial charge in [-0.15, -0.1) is 0 Å². The standard InChI is InChI=1S/C17H20ClNO/c1-17(2,3)19-12-13-7-4-5-10-16(13)20-15-9-6-8-14(18)11-15/h4-11,19H,12H2,1-3H3. The Balaban J connectivity index is 2.15. The van der Waals surface area contributed by atoms with Crippen LogP contribution in [0, 0.1) is 0 Å². The van der Waals surface area contributed by atoms with Gasteiger partial charge in [-0.25, -0.2) is 0 Å². The molecule has 1 N–H and O–H groups in total. The number of rotatable bonds is 4. The summed E-state index contributed by atoms with van der Waals surface area (Å²) in [5.41, 5.74) is 1.20. The van der Waals surface area contributed by atoms with E-state index in [1.165, 1.54) is 0 Å². The first-order chi connectivity index (χ1) is 9.44. The van der Waals surface area contributed by atoms with E-state index in [2.05, 4.69) is 32.2 Å². The topological polar surface area (TPSA) is 21.3 Å². The third-order valence-corrected chi connectivity index (χ3v) is 3.04. The van der Waals surface area contributed by atoms with Gasteiger partial charge in [0.15, 0.2) is 0 Å². The van der Waals surface area contributed by atoms with Crippen LogP contribution in [0.1, 0.15) is 26.3 Å². The fourth-order valence-corrected chi connectivity index (χ4v) is 1.95. The summed E-state index contributed by atoms with van der Waals surface area (Å²) >= 11 is 5.98. The van der Waals surface area contributed by atoms with Gasteiger partial charge in [0, 0.05) is 22.7 Å². The predicted octanol–water partition coefficient (Wildman–Crippen LogP) is 5.02. The summed E-state index contributed by atoms with van der Waals surface area (Å²) < 4.78 is 5.93. The number of para-hydroxylation sites is 1. The van der Waals surface area contributed by atoms with E-state index in [4.69, 9.17) is 16.3 Å². The van der Waals surface area contributed by atoms with Gasteiger partial charge in [-0.2, -0.15) is 0 Å². The first-order valence-corrected chi connectivity index (χ1v) is 7.08. The molecule has 2 aromatic rings. The van der Waals surface area contributed by atoms with Gasteiger partial charge in [0.2, 0.25) is 0 Å². The van der Waals surface area contributed by atoms with Crippen LogP contribution in [0.15, 0.2) is 48.5 Å². The van der Waals surface area contributed by atoms with Crippen LogP contribution in [0.5, 0.6) is 11.5 Å². The maximum atomic E-state index is 5.98. The molecule has 2 rings (SSSR count). The van der Waals surface area contributed by atoms with Crippen LogP contribution in [-0.2, 0) is 6.54 Å². The lowest BCUT2D eigenvalue weighted by Gasteiger charge is -2.21. The third kappa shape index (κ3) is 4.55. The zero-order chi connectivity index (χ0) is 14.6. The summed E-state index contributed by atoms with van der Waals surface area (Å²) in [6.45, 7) is 7.20. The monoisotopic (exact) mass is 289 g/mol. The van der Waals surface area contributed by atoms with Crippen molar-refractivity contribution >= 4 is 11.6 Å². The van der Waals surface area contributed by atoms with Crippen molar-refractivity contribution in [2.45, 2.75) is 32.9 Å². The molecule has 0 aliphatic carbocycles. The molecule has 0 unspecified atom stereocenters. The molecule has 0 heterocycles. The highest BCUT2D eigenvalue weighted by Gasteiger charge is 2.11. The van der Waals surface area contributed by atoms with Crippen LogP contribution >= 0.6 is 11.6 Å². The quantitative estimate of drug-likeness (QED) is 0.853. The first kappa shape index (κ1) is 14.9. The van der Waals surface area contributed by atoms with Crippen molar-refractivity contribution in [1.29, 1.82) is 0 Å². The van der Waals surface area contributed by atoms with E-state index in [1.807, 2.05) is 42.5 Å². The summed E-state index contributed by atoms with van der Waals surface area (Å²) in [4.78, 5) is 0. The van der Waals surface area contributed by atoms with Crippen molar-refractivity contribution in [3.05, 3.63) is 59.1 Å². The van der Waals surface area contributed by atoms with Crippen LogP contribution in [0.4, 0.5) is 0 Å². The zero-order valence-electron chi connectivity index (χ0n) is 12.1. The third-order valence-electron chi connectivity index (χ3n) is 2.81. The smallest absolute Gasteiger partial charge is 0.131 e. The van der Waals surface area contributed by atoms with E-state index in [9.17, 15) is 0 Å². The molecule has 0 aliphatic heterocycles. The molecule has 106 valence electrons. The van der Waals surface area contributed by atoms with E-state index < -0.39 is 0 Å². The Bertz CT molecular complexity index is 575. The van der Waals surface area contributed by atoms with E-state index in [-0.39, 0.29) is 5.54 Å². The Labute approximate surface area is 125 Å². The van der Waals surface area contributed by atoms with Gasteiger partial charge in [0.05, 0.1) is 0 Å². The normalized spacial score (nSPS) is 11.4. The van der Waals surface area contributed by atoms with Crippen LogP contribution < -0.4 is 10.1 Å². The lowest BCUT2D eigenvalue weighted by atomic mass is 10.1. The van der Waals surface area contributed by atoms with Crippen LogP contribution in [0.25, 0.3) is 0 Å². The molecule has 2 aromatic carbocycles. The number of ether oxygens (including phenoxy) is 1. The highest BCUT2D eigenvalue weighted by atomic mass is 35.5. The average Bonchev–Trinajstić information content (AvgIpc) is 2.37. The van der Waals surface area contributed by atoms with Crippen molar-refractivity contribution in [1.82, 2.24) is 5.32 Å². The molecule has 0 bridgehead atoms. The predicted molar refractivity (Wildman–Crippen MR) is 84.6 cm³/mol. The molecule has 0 saturated carbocycles. The van der Waals surface area contributed by atoms with Gasteiger partial charge in [0.1, 0.15) is 11.5 Å². The Hall–Kier alpha value is -1.51. The minimum absolute atomic E-state index is 0.0726. The van der Waals surface area contributed by atoms with Crippen molar-refractivity contribution in [2.75, 3.05) is 0 Å². The summed E-state index contributed by atoms with van der Waals surface area (Å²) in [6.07, 6.45) is 0. The van der Waals surface area contributed by atoms with Gasteiger partial charge in [-0.3, -0.25) is 0 Å². The molecular weight excluding hydrogens is 270 g/mol. The molecule has 20 heavy (non-hydrogen) atoms. The Kier molecular flexibility index (Phi) is 4.69. The van der Waals surface area contributed by atoms with E-state index >= 15 is 0 Å². The molecule has 0 radical (unpaired) electrons. The van der Waals surface area contributed by atoms with Gasteiger partial charge < -0.3 is 10.1 Å². The summed E-state index contributed by atoms with van der Waals surface area (Å²) in [6, 6.07) is 15.5. The molecule has 0 spiro atoms. The Morgan fingerprint density at radius 2 is 1.80 bits per heavy atom. The highest BCUT2D eigenvalue weighted by Crippen LogP contribution is 2.27. The number of nitrogens with one attached hydrogen (secondary N) is 1. The van der Waals surface area contributed by atoms with Crippen LogP contribution in [0.2, 0.25) is 5.02 Å². The second kappa shape index (κ2) is 6.29. The highest BCUT2D eigenvalue weighted by molar-refractivity contribution is 6.30. The molecular formula is C17H20ClNO. The summed E-state index contributed by atoms with van der Waals surface area (Å²) in [5, 5.41) is 4.14. The van der Waals surface area contributed by atoms with Crippen LogP contribution in [0.3, 0.4) is 0 Å². The largest absolute Gasteiger partial charge is 0.457 e. The molecule has 0 atom stereocenters. The van der Waals surface area contributed by atoms with Crippen molar-refractivity contribution in [3.8, 4) is 11.5 Å². The molecule has 0 amide bonds. The molecule has 2 nitrogen and oxygen atoms in total. The first-order valence-electron chi connectivity index (χ1n) is 6.70. The molecule has 0 fully saturated rings. The second-order valence-electron chi connectivity index (χ2n) is 5.77. The van der Waals surface area contributed by atoms with Crippen molar-refractivity contribution in [3.63, 3.8) is 0 Å². The van der Waals surface area contributed by atoms with Gasteiger partial charge in [-0.05, 0) is 45.0 Å². The van der Waals surface area contributed by atoms with Gasteiger partial charge >= 0.3 is 0 Å². The second-order valence-corrected chi connectivity index (χ2v) is 6.21. The van der Waals surface area contributed by atoms with E-state index in [0.29, 0.717) is 5.02 Å². The molecule has 0 saturated heterocycles. The summed E-state index contributed by atoms with van der Waals surface area (Å²) in [5.74, 6) is 1.60. The summed E-state index contributed by atoms with van der Waals surface area (Å²) in [7, 11) is 0. The van der Waals surface area contributed by atoms with Crippen molar-refractivity contribution < 1.29 is 4.74 Å². The maximum absolute atomic E-state index is 5.98. The van der Waals surface area contributed by atoms with E-state index in [1.54, 1.807) is 0 Å². The lowest BCUT2D eigenvalue weighted by Crippen LogP contribution is -2.35. The SMILES string of the molecule is CC(C)(C)NCc1ccccc1Oc1cccc(Cl)c1. The average molecular weight is 290 g/mol. The minimum atomic E-state index is 0.0726. The maximum Gasteiger partial charge on any atom is 0.131 e. The number of hydrogen-bond acceptors (Lipinski definition) is 2. The molecule has 0 aromatic heterocycles. The number of halogens is 1. The molecule has 3 heteroatoms.